The zero-order chi connectivity index (χ0) is 18.7. The molecule has 0 unspecified atom stereocenters. The second kappa shape index (κ2) is 7.34. The van der Waals surface area contributed by atoms with Crippen molar-refractivity contribution < 1.29 is 31.9 Å². The lowest BCUT2D eigenvalue weighted by atomic mass is 10.3. The summed E-state index contributed by atoms with van der Waals surface area (Å²) >= 11 is 1.11. The second-order valence-corrected chi connectivity index (χ2v) is 6.24. The fourth-order valence-electron chi connectivity index (χ4n) is 2.09. The third-order valence-corrected chi connectivity index (χ3v) is 4.09. The molecule has 1 amide bonds. The molecule has 0 aliphatic heterocycles. The molecule has 1 N–H and O–H groups in total. The first-order valence-corrected chi connectivity index (χ1v) is 8.15. The van der Waals surface area contributed by atoms with Crippen LogP contribution in [0.1, 0.15) is 16.3 Å². The Morgan fingerprint density at radius 3 is 2.85 bits per heavy atom. The maximum atomic E-state index is 12.2. The van der Waals surface area contributed by atoms with Gasteiger partial charge in [0.05, 0.1) is 10.2 Å². The van der Waals surface area contributed by atoms with Crippen LogP contribution in [0.4, 0.5) is 18.3 Å². The van der Waals surface area contributed by atoms with Crippen LogP contribution in [0.3, 0.4) is 0 Å². The fourth-order valence-corrected chi connectivity index (χ4v) is 2.98. The molecule has 10 heteroatoms. The van der Waals surface area contributed by atoms with Crippen LogP contribution in [0.5, 0.6) is 5.75 Å². The SMILES string of the molecule is COCc1ccc(C(=O)Nc2nc3ccc(OCC(F)(F)F)cc3s2)o1. The van der Waals surface area contributed by atoms with Crippen molar-refractivity contribution in [3.63, 3.8) is 0 Å². The van der Waals surface area contributed by atoms with E-state index < -0.39 is 18.7 Å². The second-order valence-electron chi connectivity index (χ2n) is 5.21. The zero-order valence-corrected chi connectivity index (χ0v) is 14.2. The Balaban J connectivity index is 1.71. The van der Waals surface area contributed by atoms with Crippen LogP contribution in [0.25, 0.3) is 10.2 Å². The van der Waals surface area contributed by atoms with Crippen LogP contribution in [-0.2, 0) is 11.3 Å². The van der Waals surface area contributed by atoms with Gasteiger partial charge >= 0.3 is 6.18 Å². The van der Waals surface area contributed by atoms with Crippen LogP contribution < -0.4 is 10.1 Å². The highest BCUT2D eigenvalue weighted by Crippen LogP contribution is 2.30. The first-order chi connectivity index (χ1) is 12.3. The summed E-state index contributed by atoms with van der Waals surface area (Å²) in [6.07, 6.45) is -4.41. The monoisotopic (exact) mass is 386 g/mol. The first kappa shape index (κ1) is 18.2. The van der Waals surface area contributed by atoms with E-state index >= 15 is 0 Å². The lowest BCUT2D eigenvalue weighted by Crippen LogP contribution is -2.19. The highest BCUT2D eigenvalue weighted by atomic mass is 32.1. The molecule has 0 radical (unpaired) electrons. The number of benzene rings is 1. The number of rotatable bonds is 6. The molecule has 0 spiro atoms. The predicted molar refractivity (Wildman–Crippen MR) is 88.5 cm³/mol. The number of anilines is 1. The Labute approximate surface area is 149 Å². The summed E-state index contributed by atoms with van der Waals surface area (Å²) < 4.78 is 52.2. The van der Waals surface area contributed by atoms with Gasteiger partial charge in [-0.25, -0.2) is 4.98 Å². The zero-order valence-electron chi connectivity index (χ0n) is 13.4. The van der Waals surface area contributed by atoms with Crippen molar-refractivity contribution in [3.8, 4) is 5.75 Å². The molecule has 0 saturated carbocycles. The lowest BCUT2D eigenvalue weighted by molar-refractivity contribution is -0.153. The maximum absolute atomic E-state index is 12.2. The number of carbonyl (C=O) groups is 1. The van der Waals surface area contributed by atoms with Gasteiger partial charge in [0, 0.05) is 7.11 Å². The van der Waals surface area contributed by atoms with Crippen molar-refractivity contribution in [2.45, 2.75) is 12.8 Å². The van der Waals surface area contributed by atoms with Gasteiger partial charge in [0.25, 0.3) is 5.91 Å². The van der Waals surface area contributed by atoms with Crippen LogP contribution in [0, 0.1) is 0 Å². The molecule has 0 fully saturated rings. The molecule has 0 aliphatic rings. The summed E-state index contributed by atoms with van der Waals surface area (Å²) in [5.41, 5.74) is 0.532. The maximum Gasteiger partial charge on any atom is 0.422 e. The van der Waals surface area contributed by atoms with E-state index in [1.165, 1.54) is 31.4 Å². The van der Waals surface area contributed by atoms with Gasteiger partial charge in [0.15, 0.2) is 17.5 Å². The highest BCUT2D eigenvalue weighted by molar-refractivity contribution is 7.22. The predicted octanol–water partition coefficient (Wildman–Crippen LogP) is 4.23. The van der Waals surface area contributed by atoms with Gasteiger partial charge in [-0.2, -0.15) is 13.2 Å². The quantitative estimate of drug-likeness (QED) is 0.686. The number of thiazole rings is 1. The minimum atomic E-state index is -4.41. The number of nitrogens with zero attached hydrogens (tertiary/aromatic N) is 1. The molecular formula is C16H13F3N2O4S. The van der Waals surface area contributed by atoms with Crippen LogP contribution in [0.2, 0.25) is 0 Å². The number of ether oxygens (including phenoxy) is 2. The van der Waals surface area contributed by atoms with Gasteiger partial charge in [-0.05, 0) is 30.3 Å². The number of fused-ring (bicyclic) bond motifs is 1. The molecule has 0 atom stereocenters. The van der Waals surface area contributed by atoms with E-state index in [2.05, 4.69) is 10.3 Å². The molecule has 138 valence electrons. The molecule has 3 aromatic rings. The van der Waals surface area contributed by atoms with E-state index in [9.17, 15) is 18.0 Å². The molecule has 0 aliphatic carbocycles. The molecule has 1 aromatic carbocycles. The number of amides is 1. The first-order valence-electron chi connectivity index (χ1n) is 7.33. The number of methoxy groups -OCH3 is 1. The number of furan rings is 1. The molecule has 26 heavy (non-hydrogen) atoms. The van der Waals surface area contributed by atoms with E-state index in [-0.39, 0.29) is 18.1 Å². The van der Waals surface area contributed by atoms with Crippen molar-refractivity contribution >= 4 is 32.6 Å². The van der Waals surface area contributed by atoms with E-state index in [4.69, 9.17) is 13.9 Å². The molecule has 0 saturated heterocycles. The summed E-state index contributed by atoms with van der Waals surface area (Å²) in [4.78, 5) is 16.4. The summed E-state index contributed by atoms with van der Waals surface area (Å²) in [7, 11) is 1.51. The highest BCUT2D eigenvalue weighted by Gasteiger charge is 2.28. The Kier molecular flexibility index (Phi) is 5.14. The number of halogens is 3. The Morgan fingerprint density at radius 2 is 2.12 bits per heavy atom. The summed E-state index contributed by atoms with van der Waals surface area (Å²) in [5, 5.41) is 2.89. The molecule has 0 bridgehead atoms. The number of carbonyl (C=O) groups excluding carboxylic acids is 1. The number of nitrogens with one attached hydrogen (secondary N) is 1. The smallest absolute Gasteiger partial charge is 0.422 e. The van der Waals surface area contributed by atoms with Crippen LogP contribution in [-0.4, -0.2) is 30.8 Å². The number of hydrogen-bond acceptors (Lipinski definition) is 6. The van der Waals surface area contributed by atoms with Crippen LogP contribution >= 0.6 is 11.3 Å². The third-order valence-electron chi connectivity index (χ3n) is 3.15. The van der Waals surface area contributed by atoms with E-state index in [0.717, 1.165) is 11.3 Å². The molecule has 2 heterocycles. The van der Waals surface area contributed by atoms with Gasteiger partial charge in [-0.15, -0.1) is 0 Å². The van der Waals surface area contributed by atoms with E-state index in [1.807, 2.05) is 0 Å². The van der Waals surface area contributed by atoms with E-state index in [1.54, 1.807) is 6.07 Å². The topological polar surface area (TPSA) is 73.6 Å². The normalized spacial score (nSPS) is 11.7. The molecular weight excluding hydrogens is 373 g/mol. The third kappa shape index (κ3) is 4.52. The summed E-state index contributed by atoms with van der Waals surface area (Å²) in [6, 6.07) is 7.50. The minimum absolute atomic E-state index is 0.0755. The summed E-state index contributed by atoms with van der Waals surface area (Å²) in [6.45, 7) is -1.13. The number of alkyl halides is 3. The minimum Gasteiger partial charge on any atom is -0.484 e. The van der Waals surface area contributed by atoms with Gasteiger partial charge in [0.1, 0.15) is 18.1 Å². The molecule has 6 nitrogen and oxygen atoms in total. The van der Waals surface area contributed by atoms with Crippen molar-refractivity contribution in [1.82, 2.24) is 4.98 Å². The van der Waals surface area contributed by atoms with Gasteiger partial charge in [-0.3, -0.25) is 10.1 Å². The molecule has 3 rings (SSSR count). The largest absolute Gasteiger partial charge is 0.484 e. The average Bonchev–Trinajstić information content (AvgIpc) is 3.18. The van der Waals surface area contributed by atoms with Gasteiger partial charge in [-0.1, -0.05) is 11.3 Å². The number of aromatic nitrogens is 1. The van der Waals surface area contributed by atoms with Crippen LogP contribution in [0.15, 0.2) is 34.7 Å². The Hall–Kier alpha value is -2.59. The van der Waals surface area contributed by atoms with Gasteiger partial charge < -0.3 is 13.9 Å². The Morgan fingerprint density at radius 1 is 1.31 bits per heavy atom. The average molecular weight is 386 g/mol. The van der Waals surface area contributed by atoms with Gasteiger partial charge in [0.2, 0.25) is 0 Å². The fraction of sp³-hybridized carbons (Fsp3) is 0.250. The standard InChI is InChI=1S/C16H13F3N2O4S/c1-23-7-10-3-5-12(25-10)14(22)21-15-20-11-4-2-9(6-13(11)26-15)24-8-16(17,18)19/h2-6H,7-8H2,1H3,(H,20,21,22). The van der Waals surface area contributed by atoms with Crippen molar-refractivity contribution in [2.24, 2.45) is 0 Å². The number of hydrogen-bond donors (Lipinski definition) is 1. The van der Waals surface area contributed by atoms with Crippen molar-refractivity contribution in [3.05, 3.63) is 41.9 Å². The van der Waals surface area contributed by atoms with E-state index in [0.29, 0.717) is 21.1 Å². The Bertz CT molecular complexity index is 920. The van der Waals surface area contributed by atoms with Crippen molar-refractivity contribution in [1.29, 1.82) is 0 Å². The van der Waals surface area contributed by atoms with Crippen molar-refractivity contribution in [2.75, 3.05) is 19.0 Å². The summed E-state index contributed by atoms with van der Waals surface area (Å²) in [5.74, 6) is 0.199. The molecule has 2 aromatic heterocycles. The lowest BCUT2D eigenvalue weighted by Gasteiger charge is -2.08.